The summed E-state index contributed by atoms with van der Waals surface area (Å²) in [5.74, 6) is 2.34. The maximum atomic E-state index is 9.04. The minimum absolute atomic E-state index is 0.539. The number of hydrogen-bond donors (Lipinski definition) is 0. The fraction of sp³-hybridized carbons (Fsp3) is 0.476. The lowest BCUT2D eigenvalue weighted by Gasteiger charge is -2.41. The Bertz CT molecular complexity index is 848. The van der Waals surface area contributed by atoms with Crippen LogP contribution in [-0.2, 0) is 0 Å². The standard InChI is InChI=1S/C21H23Cl2N5/c22-18-13-25-21(26-14-18)28-9-5-16(6-10-28)15-3-7-27(8-4-15)19-2-1-17(12-24)20(23)11-19/h1-2,11,13-16H,3-10H2. The summed E-state index contributed by atoms with van der Waals surface area (Å²) >= 11 is 12.1. The number of anilines is 2. The van der Waals surface area contributed by atoms with Gasteiger partial charge in [-0.05, 0) is 55.7 Å². The number of aromatic nitrogens is 2. The Morgan fingerprint density at radius 2 is 1.46 bits per heavy atom. The van der Waals surface area contributed by atoms with Gasteiger partial charge in [0.15, 0.2) is 0 Å². The van der Waals surface area contributed by atoms with Crippen molar-refractivity contribution in [2.75, 3.05) is 36.0 Å². The Morgan fingerprint density at radius 1 is 0.893 bits per heavy atom. The van der Waals surface area contributed by atoms with Gasteiger partial charge < -0.3 is 9.80 Å². The molecule has 0 N–H and O–H groups in total. The highest BCUT2D eigenvalue weighted by atomic mass is 35.5. The summed E-state index contributed by atoms with van der Waals surface area (Å²) in [5, 5.41) is 10.2. The number of nitriles is 1. The molecule has 0 amide bonds. The van der Waals surface area contributed by atoms with E-state index < -0.39 is 0 Å². The molecule has 7 heteroatoms. The van der Waals surface area contributed by atoms with Crippen molar-refractivity contribution < 1.29 is 0 Å². The molecule has 0 atom stereocenters. The van der Waals surface area contributed by atoms with Crippen LogP contribution in [0.3, 0.4) is 0 Å². The number of rotatable bonds is 3. The van der Waals surface area contributed by atoms with Gasteiger partial charge in [-0.15, -0.1) is 0 Å². The fourth-order valence-corrected chi connectivity index (χ4v) is 4.77. The third-order valence-electron chi connectivity index (χ3n) is 6.07. The van der Waals surface area contributed by atoms with Crippen LogP contribution in [0.25, 0.3) is 0 Å². The molecule has 2 aromatic rings. The van der Waals surface area contributed by atoms with Gasteiger partial charge in [0.2, 0.25) is 5.95 Å². The molecule has 3 heterocycles. The van der Waals surface area contributed by atoms with Crippen LogP contribution in [0.15, 0.2) is 30.6 Å². The van der Waals surface area contributed by atoms with Crippen molar-refractivity contribution in [1.82, 2.24) is 9.97 Å². The predicted molar refractivity (Wildman–Crippen MR) is 113 cm³/mol. The molecule has 2 aliphatic rings. The van der Waals surface area contributed by atoms with Gasteiger partial charge in [0.25, 0.3) is 0 Å². The van der Waals surface area contributed by atoms with E-state index in [-0.39, 0.29) is 0 Å². The molecule has 2 saturated heterocycles. The molecule has 28 heavy (non-hydrogen) atoms. The smallest absolute Gasteiger partial charge is 0.225 e. The Balaban J connectivity index is 1.29. The van der Waals surface area contributed by atoms with Gasteiger partial charge in [-0.25, -0.2) is 9.97 Å². The molecule has 0 radical (unpaired) electrons. The first-order valence-electron chi connectivity index (χ1n) is 9.81. The first-order chi connectivity index (χ1) is 13.6. The molecular formula is C21H23Cl2N5. The number of hydrogen-bond acceptors (Lipinski definition) is 5. The van der Waals surface area contributed by atoms with E-state index in [1.807, 2.05) is 18.2 Å². The molecule has 146 valence electrons. The zero-order valence-electron chi connectivity index (χ0n) is 15.7. The largest absolute Gasteiger partial charge is 0.371 e. The lowest BCUT2D eigenvalue weighted by atomic mass is 9.79. The van der Waals surface area contributed by atoms with Crippen LogP contribution >= 0.6 is 23.2 Å². The second-order valence-electron chi connectivity index (χ2n) is 7.63. The average Bonchev–Trinajstić information content (AvgIpc) is 2.74. The third-order valence-corrected chi connectivity index (χ3v) is 6.58. The number of piperidine rings is 2. The summed E-state index contributed by atoms with van der Waals surface area (Å²) < 4.78 is 0. The molecule has 4 rings (SSSR count). The molecule has 1 aromatic carbocycles. The summed E-state index contributed by atoms with van der Waals surface area (Å²) in [7, 11) is 0. The van der Waals surface area contributed by atoms with Crippen molar-refractivity contribution in [2.24, 2.45) is 11.8 Å². The van der Waals surface area contributed by atoms with Crippen LogP contribution in [0.5, 0.6) is 0 Å². The molecule has 0 saturated carbocycles. The molecule has 5 nitrogen and oxygen atoms in total. The van der Waals surface area contributed by atoms with Crippen LogP contribution < -0.4 is 9.80 Å². The van der Waals surface area contributed by atoms with E-state index in [1.54, 1.807) is 12.4 Å². The van der Waals surface area contributed by atoms with Crippen molar-refractivity contribution in [3.8, 4) is 6.07 Å². The highest BCUT2D eigenvalue weighted by molar-refractivity contribution is 6.32. The van der Waals surface area contributed by atoms with Gasteiger partial charge in [0, 0.05) is 31.9 Å². The maximum absolute atomic E-state index is 9.04. The highest BCUT2D eigenvalue weighted by Gasteiger charge is 2.30. The molecule has 0 aliphatic carbocycles. The normalized spacial score (nSPS) is 18.9. The van der Waals surface area contributed by atoms with E-state index in [1.165, 1.54) is 25.7 Å². The van der Waals surface area contributed by atoms with Crippen molar-refractivity contribution >= 4 is 34.8 Å². The molecule has 0 spiro atoms. The van der Waals surface area contributed by atoms with Gasteiger partial charge in [0.05, 0.1) is 28.0 Å². The predicted octanol–water partition coefficient (Wildman–Crippen LogP) is 4.79. The van der Waals surface area contributed by atoms with Crippen molar-refractivity contribution in [1.29, 1.82) is 5.26 Å². The Hall–Kier alpha value is -2.03. The van der Waals surface area contributed by atoms with Gasteiger partial charge in [-0.1, -0.05) is 23.2 Å². The molecule has 0 bridgehead atoms. The third kappa shape index (κ3) is 4.19. The topological polar surface area (TPSA) is 56.1 Å². The fourth-order valence-electron chi connectivity index (χ4n) is 4.46. The van der Waals surface area contributed by atoms with Crippen LogP contribution in [0.2, 0.25) is 10.0 Å². The number of halogens is 2. The minimum Gasteiger partial charge on any atom is -0.371 e. The quantitative estimate of drug-likeness (QED) is 0.720. The second-order valence-corrected chi connectivity index (χ2v) is 8.47. The van der Waals surface area contributed by atoms with Crippen molar-refractivity contribution in [3.05, 3.63) is 46.2 Å². The van der Waals surface area contributed by atoms with Gasteiger partial charge in [0.1, 0.15) is 6.07 Å². The Kier molecular flexibility index (Phi) is 5.89. The van der Waals surface area contributed by atoms with E-state index in [2.05, 4.69) is 25.8 Å². The first-order valence-corrected chi connectivity index (χ1v) is 10.6. The number of nitrogens with zero attached hydrogens (tertiary/aromatic N) is 5. The van der Waals surface area contributed by atoms with Gasteiger partial charge in [-0.3, -0.25) is 0 Å². The lowest BCUT2D eigenvalue weighted by Crippen LogP contribution is -2.41. The summed E-state index contributed by atoms with van der Waals surface area (Å²) in [6.07, 6.45) is 8.14. The molecular weight excluding hydrogens is 393 g/mol. The SMILES string of the molecule is N#Cc1ccc(N2CCC(C3CCN(c4ncc(Cl)cn4)CC3)CC2)cc1Cl. The Morgan fingerprint density at radius 3 is 2.00 bits per heavy atom. The molecule has 2 aliphatic heterocycles. The monoisotopic (exact) mass is 415 g/mol. The van der Waals surface area contributed by atoms with E-state index >= 15 is 0 Å². The summed E-state index contributed by atoms with van der Waals surface area (Å²) in [4.78, 5) is 13.3. The molecule has 0 unspecified atom stereocenters. The van der Waals surface area contributed by atoms with E-state index in [0.717, 1.165) is 49.7 Å². The van der Waals surface area contributed by atoms with E-state index in [9.17, 15) is 0 Å². The van der Waals surface area contributed by atoms with Crippen LogP contribution in [0, 0.1) is 23.2 Å². The zero-order valence-corrected chi connectivity index (χ0v) is 17.2. The average molecular weight is 416 g/mol. The first kappa shape index (κ1) is 19.3. The minimum atomic E-state index is 0.539. The van der Waals surface area contributed by atoms with Crippen LogP contribution in [0.1, 0.15) is 31.2 Å². The maximum Gasteiger partial charge on any atom is 0.225 e. The van der Waals surface area contributed by atoms with Crippen LogP contribution in [-0.4, -0.2) is 36.1 Å². The van der Waals surface area contributed by atoms with Gasteiger partial charge >= 0.3 is 0 Å². The highest BCUT2D eigenvalue weighted by Crippen LogP contribution is 2.35. The zero-order chi connectivity index (χ0) is 19.5. The molecule has 2 fully saturated rings. The second kappa shape index (κ2) is 8.55. The summed E-state index contributed by atoms with van der Waals surface area (Å²) in [6, 6.07) is 7.87. The van der Waals surface area contributed by atoms with E-state index in [0.29, 0.717) is 15.6 Å². The summed E-state index contributed by atoms with van der Waals surface area (Å²) in [6.45, 7) is 4.12. The summed E-state index contributed by atoms with van der Waals surface area (Å²) in [5.41, 5.74) is 1.66. The van der Waals surface area contributed by atoms with Crippen molar-refractivity contribution in [2.45, 2.75) is 25.7 Å². The molecule has 1 aromatic heterocycles. The Labute approximate surface area is 175 Å². The van der Waals surface area contributed by atoms with E-state index in [4.69, 9.17) is 28.5 Å². The van der Waals surface area contributed by atoms with Crippen molar-refractivity contribution in [3.63, 3.8) is 0 Å². The lowest BCUT2D eigenvalue weighted by molar-refractivity contribution is 0.232. The van der Waals surface area contributed by atoms with Gasteiger partial charge in [-0.2, -0.15) is 5.26 Å². The number of benzene rings is 1. The van der Waals surface area contributed by atoms with Crippen LogP contribution in [0.4, 0.5) is 11.6 Å².